The number of rotatable bonds is 3. The van der Waals surface area contributed by atoms with Gasteiger partial charge in [0.2, 0.25) is 0 Å². The van der Waals surface area contributed by atoms with E-state index in [9.17, 15) is 4.79 Å². The quantitative estimate of drug-likeness (QED) is 0.868. The number of carbonyl (C=O) groups excluding carboxylic acids is 1. The van der Waals surface area contributed by atoms with Gasteiger partial charge in [-0.05, 0) is 87.6 Å². The molecule has 0 bridgehead atoms. The van der Waals surface area contributed by atoms with Crippen molar-refractivity contribution in [1.82, 2.24) is 0 Å². The van der Waals surface area contributed by atoms with Gasteiger partial charge in [0.1, 0.15) is 0 Å². The first kappa shape index (κ1) is 16.6. The maximum absolute atomic E-state index is 12.4. The molecule has 1 N–H and O–H groups in total. The first-order valence-corrected chi connectivity index (χ1v) is 8.80. The van der Waals surface area contributed by atoms with Gasteiger partial charge in [0.05, 0.1) is 0 Å². The van der Waals surface area contributed by atoms with Crippen LogP contribution in [0.15, 0.2) is 42.5 Å². The van der Waals surface area contributed by atoms with Crippen molar-refractivity contribution in [3.05, 3.63) is 59.2 Å². The molecule has 1 fully saturated rings. The van der Waals surface area contributed by atoms with Crippen molar-refractivity contribution >= 4 is 17.3 Å². The van der Waals surface area contributed by atoms with Crippen molar-refractivity contribution in [1.29, 1.82) is 0 Å². The molecule has 1 amide bonds. The van der Waals surface area contributed by atoms with Crippen molar-refractivity contribution < 1.29 is 4.79 Å². The van der Waals surface area contributed by atoms with Gasteiger partial charge in [0.25, 0.3) is 5.91 Å². The average molecular weight is 322 g/mol. The highest BCUT2D eigenvalue weighted by molar-refractivity contribution is 6.04. The van der Waals surface area contributed by atoms with Crippen LogP contribution in [0.5, 0.6) is 0 Å². The fourth-order valence-electron chi connectivity index (χ4n) is 3.30. The third-order valence-electron chi connectivity index (χ3n) is 5.03. The molecule has 3 nitrogen and oxygen atoms in total. The molecule has 24 heavy (non-hydrogen) atoms. The third kappa shape index (κ3) is 3.61. The summed E-state index contributed by atoms with van der Waals surface area (Å²) in [6.07, 6.45) is 3.84. The third-order valence-corrected chi connectivity index (χ3v) is 5.03. The molecule has 1 saturated heterocycles. The topological polar surface area (TPSA) is 32.3 Å². The fraction of sp³-hybridized carbons (Fsp3) is 0.381. The lowest BCUT2D eigenvalue weighted by Crippen LogP contribution is -2.37. The van der Waals surface area contributed by atoms with Gasteiger partial charge in [0.15, 0.2) is 0 Å². The standard InChI is InChI=1S/C21H26N2O/c1-15-7-8-18(14-16(15)2)21(24)22-19-9-11-20(12-10-19)23-13-5-4-6-17(23)3/h7-12,14,17H,4-6,13H2,1-3H3,(H,22,24). The van der Waals surface area contributed by atoms with Crippen LogP contribution in [0.4, 0.5) is 11.4 Å². The number of nitrogens with one attached hydrogen (secondary N) is 1. The predicted octanol–water partition coefficient (Wildman–Crippen LogP) is 4.93. The summed E-state index contributed by atoms with van der Waals surface area (Å²) in [7, 11) is 0. The Morgan fingerprint density at radius 2 is 1.79 bits per heavy atom. The molecule has 1 unspecified atom stereocenters. The van der Waals surface area contributed by atoms with Crippen LogP contribution in [-0.2, 0) is 0 Å². The van der Waals surface area contributed by atoms with E-state index >= 15 is 0 Å². The van der Waals surface area contributed by atoms with Crippen LogP contribution in [0.25, 0.3) is 0 Å². The van der Waals surface area contributed by atoms with Gasteiger partial charge in [-0.15, -0.1) is 0 Å². The van der Waals surface area contributed by atoms with E-state index in [1.807, 2.05) is 37.3 Å². The smallest absolute Gasteiger partial charge is 0.255 e. The fourth-order valence-corrected chi connectivity index (χ4v) is 3.30. The molecule has 3 rings (SSSR count). The average Bonchev–Trinajstić information content (AvgIpc) is 2.58. The predicted molar refractivity (Wildman–Crippen MR) is 101 cm³/mol. The first-order chi connectivity index (χ1) is 11.5. The van der Waals surface area contributed by atoms with Crippen LogP contribution in [0.2, 0.25) is 0 Å². The molecular formula is C21H26N2O. The van der Waals surface area contributed by atoms with Crippen LogP contribution >= 0.6 is 0 Å². The molecule has 3 heteroatoms. The molecule has 1 aliphatic rings. The van der Waals surface area contributed by atoms with Gasteiger partial charge >= 0.3 is 0 Å². The summed E-state index contributed by atoms with van der Waals surface area (Å²) in [6.45, 7) is 7.49. The lowest BCUT2D eigenvalue weighted by atomic mass is 10.0. The van der Waals surface area contributed by atoms with Gasteiger partial charge in [-0.2, -0.15) is 0 Å². The summed E-state index contributed by atoms with van der Waals surface area (Å²) in [4.78, 5) is 14.9. The zero-order valence-corrected chi connectivity index (χ0v) is 14.8. The van der Waals surface area contributed by atoms with Crippen LogP contribution in [0.3, 0.4) is 0 Å². The number of carbonyl (C=O) groups is 1. The molecule has 0 spiro atoms. The molecule has 0 saturated carbocycles. The van der Waals surface area contributed by atoms with Crippen molar-refractivity contribution in [3.63, 3.8) is 0 Å². The maximum Gasteiger partial charge on any atom is 0.255 e. The van der Waals surface area contributed by atoms with Crippen LogP contribution in [0.1, 0.15) is 47.7 Å². The number of hydrogen-bond acceptors (Lipinski definition) is 2. The summed E-state index contributed by atoms with van der Waals surface area (Å²) >= 11 is 0. The zero-order chi connectivity index (χ0) is 17.1. The van der Waals surface area contributed by atoms with E-state index in [4.69, 9.17) is 0 Å². The number of benzene rings is 2. The zero-order valence-electron chi connectivity index (χ0n) is 14.8. The Morgan fingerprint density at radius 1 is 1.04 bits per heavy atom. The Morgan fingerprint density at radius 3 is 2.46 bits per heavy atom. The van der Waals surface area contributed by atoms with Gasteiger partial charge in [0, 0.05) is 29.5 Å². The minimum Gasteiger partial charge on any atom is -0.369 e. The Labute approximate surface area is 144 Å². The Bertz CT molecular complexity index is 721. The van der Waals surface area contributed by atoms with E-state index in [1.165, 1.54) is 30.5 Å². The first-order valence-electron chi connectivity index (χ1n) is 8.80. The Balaban J connectivity index is 1.69. The van der Waals surface area contributed by atoms with E-state index in [2.05, 4.69) is 36.2 Å². The number of hydrogen-bond donors (Lipinski definition) is 1. The second-order valence-electron chi connectivity index (χ2n) is 6.84. The summed E-state index contributed by atoms with van der Waals surface area (Å²) in [5.74, 6) is -0.0582. The summed E-state index contributed by atoms with van der Waals surface area (Å²) in [6, 6.07) is 14.6. The lowest BCUT2D eigenvalue weighted by molar-refractivity contribution is 0.102. The highest BCUT2D eigenvalue weighted by Crippen LogP contribution is 2.26. The highest BCUT2D eigenvalue weighted by Gasteiger charge is 2.18. The van der Waals surface area contributed by atoms with Crippen molar-refractivity contribution in [3.8, 4) is 0 Å². The Hall–Kier alpha value is -2.29. The van der Waals surface area contributed by atoms with Gasteiger partial charge in [-0.25, -0.2) is 0 Å². The Kier molecular flexibility index (Phi) is 4.89. The van der Waals surface area contributed by atoms with Crippen molar-refractivity contribution in [2.24, 2.45) is 0 Å². The van der Waals surface area contributed by atoms with E-state index in [0.717, 1.165) is 17.8 Å². The molecule has 126 valence electrons. The van der Waals surface area contributed by atoms with Gasteiger partial charge in [-0.3, -0.25) is 4.79 Å². The minimum absolute atomic E-state index is 0.0582. The van der Waals surface area contributed by atoms with Crippen molar-refractivity contribution in [2.45, 2.75) is 46.1 Å². The molecule has 2 aromatic rings. The molecule has 1 aliphatic heterocycles. The molecule has 0 aliphatic carbocycles. The SMILES string of the molecule is Cc1ccc(C(=O)Nc2ccc(N3CCCCC3C)cc2)cc1C. The number of anilines is 2. The normalized spacial score (nSPS) is 17.6. The van der Waals surface area contributed by atoms with Gasteiger partial charge < -0.3 is 10.2 Å². The minimum atomic E-state index is -0.0582. The van der Waals surface area contributed by atoms with E-state index in [1.54, 1.807) is 0 Å². The second-order valence-corrected chi connectivity index (χ2v) is 6.84. The molecule has 0 radical (unpaired) electrons. The van der Waals surface area contributed by atoms with E-state index < -0.39 is 0 Å². The molecular weight excluding hydrogens is 296 g/mol. The number of piperidine rings is 1. The number of aryl methyl sites for hydroxylation is 2. The lowest BCUT2D eigenvalue weighted by Gasteiger charge is -2.35. The monoisotopic (exact) mass is 322 g/mol. The highest BCUT2D eigenvalue weighted by atomic mass is 16.1. The number of amides is 1. The maximum atomic E-state index is 12.4. The van der Waals surface area contributed by atoms with Crippen LogP contribution < -0.4 is 10.2 Å². The second kappa shape index (κ2) is 7.08. The summed E-state index contributed by atoms with van der Waals surface area (Å²) in [5.41, 5.74) is 5.12. The largest absolute Gasteiger partial charge is 0.369 e. The summed E-state index contributed by atoms with van der Waals surface area (Å²) < 4.78 is 0. The van der Waals surface area contributed by atoms with Crippen LogP contribution in [-0.4, -0.2) is 18.5 Å². The van der Waals surface area contributed by atoms with Gasteiger partial charge in [-0.1, -0.05) is 6.07 Å². The molecule has 1 heterocycles. The van der Waals surface area contributed by atoms with E-state index in [0.29, 0.717) is 11.6 Å². The molecule has 0 aromatic heterocycles. The van der Waals surface area contributed by atoms with E-state index in [-0.39, 0.29) is 5.91 Å². The summed E-state index contributed by atoms with van der Waals surface area (Å²) in [5, 5.41) is 2.99. The molecule has 2 aromatic carbocycles. The molecule has 1 atom stereocenters. The van der Waals surface area contributed by atoms with Crippen molar-refractivity contribution in [2.75, 3.05) is 16.8 Å². The van der Waals surface area contributed by atoms with Crippen LogP contribution in [0, 0.1) is 13.8 Å². The number of nitrogens with zero attached hydrogens (tertiary/aromatic N) is 1.